The molecule has 0 fully saturated rings. The van der Waals surface area contributed by atoms with E-state index in [-0.39, 0.29) is 29.6 Å². The van der Waals surface area contributed by atoms with Crippen LogP contribution in [0.1, 0.15) is 15.9 Å². The predicted molar refractivity (Wildman–Crippen MR) is 127 cm³/mol. The fourth-order valence-corrected chi connectivity index (χ4v) is 4.29. The molecule has 1 heterocycles. The van der Waals surface area contributed by atoms with Crippen molar-refractivity contribution < 1.29 is 32.5 Å². The Morgan fingerprint density at radius 3 is 2.36 bits per heavy atom. The monoisotopic (exact) mass is 518 g/mol. The number of carbonyl (C=O) groups is 2. The molecule has 1 aromatic heterocycles. The lowest BCUT2D eigenvalue weighted by Gasteiger charge is -2.24. The molecule has 0 aliphatic heterocycles. The Labute approximate surface area is 208 Å². The van der Waals surface area contributed by atoms with Crippen molar-refractivity contribution in [2.24, 2.45) is 0 Å². The molecule has 9 nitrogen and oxygen atoms in total. The zero-order valence-corrected chi connectivity index (χ0v) is 20.3. The van der Waals surface area contributed by atoms with Crippen molar-refractivity contribution in [2.45, 2.75) is 11.8 Å². The zero-order valence-electron chi connectivity index (χ0n) is 19.5. The standard InChI is InChI=1S/C24H24F2N4O5S/c1-16-5-7-18(8-6-16)35-23-20(25)12-19(13-21(23)26)36(34)30(15-22(31)28-33)11-10-29(2)24(32)17-4-3-9-27-14-17/h3-9,12-14,33H,10-11,15H2,1-2H3,(H,28,31). The molecule has 2 aromatic carbocycles. The van der Waals surface area contributed by atoms with Crippen molar-refractivity contribution in [3.63, 3.8) is 0 Å². The number of pyridine rings is 1. The predicted octanol–water partition coefficient (Wildman–Crippen LogP) is 3.06. The number of amides is 2. The molecule has 2 N–H and O–H groups in total. The van der Waals surface area contributed by atoms with E-state index in [1.54, 1.807) is 36.4 Å². The Bertz CT molecular complexity index is 1220. The van der Waals surface area contributed by atoms with E-state index < -0.39 is 40.8 Å². The van der Waals surface area contributed by atoms with E-state index in [0.717, 1.165) is 22.0 Å². The van der Waals surface area contributed by atoms with Crippen molar-refractivity contribution >= 4 is 22.8 Å². The Kier molecular flexibility index (Phi) is 9.17. The number of carbonyl (C=O) groups excluding carboxylic acids is 2. The van der Waals surface area contributed by atoms with Crippen LogP contribution in [0.15, 0.2) is 65.8 Å². The number of rotatable bonds is 10. The van der Waals surface area contributed by atoms with Crippen LogP contribution in [0.2, 0.25) is 0 Å². The summed E-state index contributed by atoms with van der Waals surface area (Å²) in [4.78, 5) is 29.2. The van der Waals surface area contributed by atoms with Gasteiger partial charge in [0, 0.05) is 32.5 Å². The summed E-state index contributed by atoms with van der Waals surface area (Å²) in [6.07, 6.45) is 2.91. The average molecular weight is 519 g/mol. The van der Waals surface area contributed by atoms with Gasteiger partial charge in [-0.2, -0.15) is 0 Å². The maximum atomic E-state index is 14.7. The van der Waals surface area contributed by atoms with Crippen LogP contribution >= 0.6 is 0 Å². The van der Waals surface area contributed by atoms with Gasteiger partial charge < -0.3 is 9.64 Å². The van der Waals surface area contributed by atoms with Gasteiger partial charge >= 0.3 is 0 Å². The number of hydrogen-bond donors (Lipinski definition) is 2. The van der Waals surface area contributed by atoms with Gasteiger partial charge in [0.25, 0.3) is 11.8 Å². The first-order valence-electron chi connectivity index (χ1n) is 10.7. The van der Waals surface area contributed by atoms with Gasteiger partial charge in [-0.25, -0.2) is 22.8 Å². The minimum absolute atomic E-state index is 0.0117. The summed E-state index contributed by atoms with van der Waals surface area (Å²) in [6, 6.07) is 11.4. The maximum absolute atomic E-state index is 14.7. The minimum Gasteiger partial charge on any atom is -0.451 e. The van der Waals surface area contributed by atoms with Crippen LogP contribution in [0, 0.1) is 18.6 Å². The van der Waals surface area contributed by atoms with E-state index in [1.165, 1.54) is 29.8 Å². The van der Waals surface area contributed by atoms with Gasteiger partial charge in [0.05, 0.1) is 17.0 Å². The molecule has 0 aliphatic carbocycles. The van der Waals surface area contributed by atoms with Crippen LogP contribution in [0.25, 0.3) is 0 Å². The molecule has 190 valence electrons. The number of aromatic nitrogens is 1. The Hall–Kier alpha value is -3.74. The Morgan fingerprint density at radius 2 is 1.78 bits per heavy atom. The summed E-state index contributed by atoms with van der Waals surface area (Å²) < 4.78 is 49.0. The third-order valence-corrected chi connectivity index (χ3v) is 6.45. The van der Waals surface area contributed by atoms with E-state index in [9.17, 15) is 22.6 Å². The lowest BCUT2D eigenvalue weighted by Crippen LogP contribution is -2.42. The summed E-state index contributed by atoms with van der Waals surface area (Å²) in [7, 11) is -0.721. The van der Waals surface area contributed by atoms with Crippen molar-refractivity contribution in [1.29, 1.82) is 0 Å². The van der Waals surface area contributed by atoms with Gasteiger partial charge in [0.2, 0.25) is 0 Å². The number of hydrogen-bond acceptors (Lipinski definition) is 6. The molecular weight excluding hydrogens is 494 g/mol. The van der Waals surface area contributed by atoms with Crippen molar-refractivity contribution in [3.05, 3.63) is 83.7 Å². The highest BCUT2D eigenvalue weighted by atomic mass is 32.2. The summed E-state index contributed by atoms with van der Waals surface area (Å²) in [5, 5.41) is 8.90. The minimum atomic E-state index is -2.22. The molecule has 0 saturated heterocycles. The molecule has 1 atom stereocenters. The number of benzene rings is 2. The van der Waals surface area contributed by atoms with Crippen LogP contribution in [0.5, 0.6) is 11.5 Å². The molecule has 0 radical (unpaired) electrons. The summed E-state index contributed by atoms with van der Waals surface area (Å²) in [6.45, 7) is 1.18. The summed E-state index contributed by atoms with van der Waals surface area (Å²) in [5.74, 6) is -3.89. The fourth-order valence-electron chi connectivity index (χ4n) is 3.10. The van der Waals surface area contributed by atoms with Gasteiger partial charge in [-0.3, -0.25) is 19.8 Å². The van der Waals surface area contributed by atoms with Crippen molar-refractivity contribution in [3.8, 4) is 11.5 Å². The number of halogens is 2. The first-order valence-corrected chi connectivity index (χ1v) is 11.8. The van der Waals surface area contributed by atoms with E-state index >= 15 is 0 Å². The van der Waals surface area contributed by atoms with Crippen LogP contribution in [0.4, 0.5) is 8.78 Å². The summed E-state index contributed by atoms with van der Waals surface area (Å²) in [5.41, 5.74) is 2.70. The van der Waals surface area contributed by atoms with E-state index in [1.807, 2.05) is 6.92 Å². The second-order valence-electron chi connectivity index (χ2n) is 7.75. The molecule has 0 aliphatic rings. The number of nitrogens with one attached hydrogen (secondary N) is 1. The van der Waals surface area contributed by atoms with E-state index in [4.69, 9.17) is 9.94 Å². The van der Waals surface area contributed by atoms with E-state index in [0.29, 0.717) is 5.56 Å². The van der Waals surface area contributed by atoms with Crippen LogP contribution in [-0.4, -0.2) is 62.1 Å². The number of aryl methyl sites for hydroxylation is 1. The van der Waals surface area contributed by atoms with Gasteiger partial charge in [0.1, 0.15) is 16.7 Å². The number of ether oxygens (including phenoxy) is 1. The Balaban J connectivity index is 1.77. The second-order valence-corrected chi connectivity index (χ2v) is 9.23. The SMILES string of the molecule is Cc1ccc(Oc2c(F)cc(S(=O)N(CCN(C)C(=O)c3cccnc3)CC(=O)NO)cc2F)cc1. The lowest BCUT2D eigenvalue weighted by atomic mass is 10.2. The molecule has 2 amide bonds. The Morgan fingerprint density at radius 1 is 1.11 bits per heavy atom. The molecule has 0 bridgehead atoms. The number of likely N-dealkylation sites (N-methyl/N-ethyl adjacent to an activating group) is 1. The third-order valence-electron chi connectivity index (χ3n) is 5.03. The largest absolute Gasteiger partial charge is 0.451 e. The second kappa shape index (κ2) is 12.3. The molecule has 0 spiro atoms. The van der Waals surface area contributed by atoms with Gasteiger partial charge in [-0.15, -0.1) is 0 Å². The van der Waals surface area contributed by atoms with E-state index in [2.05, 4.69) is 4.98 Å². The highest BCUT2D eigenvalue weighted by Crippen LogP contribution is 2.30. The van der Waals surface area contributed by atoms with Gasteiger partial charge in [0.15, 0.2) is 17.4 Å². The van der Waals surface area contributed by atoms with Crippen molar-refractivity contribution in [1.82, 2.24) is 19.7 Å². The maximum Gasteiger partial charge on any atom is 0.258 e. The molecule has 0 saturated carbocycles. The molecule has 36 heavy (non-hydrogen) atoms. The van der Waals surface area contributed by atoms with Gasteiger partial charge in [-0.1, -0.05) is 17.7 Å². The topological polar surface area (TPSA) is 112 Å². The quantitative estimate of drug-likeness (QED) is 0.315. The lowest BCUT2D eigenvalue weighted by molar-refractivity contribution is -0.129. The summed E-state index contributed by atoms with van der Waals surface area (Å²) >= 11 is 0. The first-order chi connectivity index (χ1) is 17.2. The van der Waals surface area contributed by atoms with Crippen LogP contribution in [-0.2, 0) is 15.8 Å². The van der Waals surface area contributed by atoms with Crippen molar-refractivity contribution in [2.75, 3.05) is 26.7 Å². The molecule has 3 aromatic rings. The molecule has 3 rings (SSSR count). The third kappa shape index (κ3) is 6.90. The number of nitrogens with zero attached hydrogens (tertiary/aromatic N) is 3. The van der Waals surface area contributed by atoms with Crippen LogP contribution < -0.4 is 10.2 Å². The molecule has 12 heteroatoms. The average Bonchev–Trinajstić information content (AvgIpc) is 2.88. The van der Waals surface area contributed by atoms with Gasteiger partial charge in [-0.05, 0) is 43.3 Å². The zero-order chi connectivity index (χ0) is 26.2. The first kappa shape index (κ1) is 26.9. The molecule has 1 unspecified atom stereocenters. The number of hydroxylamine groups is 1. The molecular formula is C24H24F2N4O5S. The fraction of sp³-hybridized carbons (Fsp3) is 0.208. The normalized spacial score (nSPS) is 11.7. The van der Waals surface area contributed by atoms with Crippen LogP contribution in [0.3, 0.4) is 0 Å². The smallest absolute Gasteiger partial charge is 0.258 e. The highest BCUT2D eigenvalue weighted by molar-refractivity contribution is 7.82. The highest BCUT2D eigenvalue weighted by Gasteiger charge is 2.24.